The lowest BCUT2D eigenvalue weighted by Crippen LogP contribution is -2.46. The average Bonchev–Trinajstić information content (AvgIpc) is 3.03. The zero-order valence-electron chi connectivity index (χ0n) is 14.9. The third-order valence-corrected chi connectivity index (χ3v) is 7.45. The van der Waals surface area contributed by atoms with Crippen LogP contribution in [0, 0.1) is 5.92 Å². The summed E-state index contributed by atoms with van der Waals surface area (Å²) in [5.41, 5.74) is 0. The summed E-state index contributed by atoms with van der Waals surface area (Å²) in [6.45, 7) is 9.33. The van der Waals surface area contributed by atoms with Crippen molar-refractivity contribution in [2.45, 2.75) is 49.5 Å². The third kappa shape index (κ3) is 5.13. The van der Waals surface area contributed by atoms with Gasteiger partial charge < -0.3 is 9.64 Å². The number of ether oxygens (including phenoxy) is 1. The number of morpholine rings is 1. The molecule has 0 bridgehead atoms. The highest BCUT2D eigenvalue weighted by Crippen LogP contribution is 2.30. The van der Waals surface area contributed by atoms with Gasteiger partial charge in [-0.25, -0.2) is 18.5 Å². The van der Waals surface area contributed by atoms with Gasteiger partial charge in [0.2, 0.25) is 10.0 Å². The van der Waals surface area contributed by atoms with Crippen LogP contribution in [-0.4, -0.2) is 63.2 Å². The second-order valence-electron chi connectivity index (χ2n) is 7.24. The van der Waals surface area contributed by atoms with Gasteiger partial charge in [0, 0.05) is 26.2 Å². The lowest BCUT2D eigenvalue weighted by Gasteiger charge is -2.37. The number of hydrogen-bond donors (Lipinski definition) is 1. The maximum atomic E-state index is 11.4. The number of primary sulfonamides is 1. The molecule has 0 aliphatic carbocycles. The van der Waals surface area contributed by atoms with E-state index in [4.69, 9.17) is 9.88 Å². The monoisotopic (exact) mass is 388 g/mol. The minimum atomic E-state index is -3.65. The van der Waals surface area contributed by atoms with E-state index in [0.29, 0.717) is 12.2 Å². The lowest BCUT2D eigenvalue weighted by atomic mass is 9.93. The Morgan fingerprint density at radius 3 is 2.48 bits per heavy atom. The molecule has 2 aliphatic rings. The Kier molecular flexibility index (Phi) is 5.99. The van der Waals surface area contributed by atoms with Crippen LogP contribution in [0.25, 0.3) is 0 Å². The molecule has 2 fully saturated rings. The minimum Gasteiger partial charge on any atom is -0.373 e. The molecule has 0 radical (unpaired) electrons. The number of thiazole rings is 1. The topological polar surface area (TPSA) is 88.8 Å². The van der Waals surface area contributed by atoms with Crippen molar-refractivity contribution < 1.29 is 13.2 Å². The fourth-order valence-electron chi connectivity index (χ4n) is 3.77. The largest absolute Gasteiger partial charge is 0.373 e. The maximum absolute atomic E-state index is 11.4. The molecule has 1 aromatic rings. The van der Waals surface area contributed by atoms with E-state index in [2.05, 4.69) is 28.6 Å². The first-order valence-corrected chi connectivity index (χ1v) is 11.3. The van der Waals surface area contributed by atoms with E-state index in [0.717, 1.165) is 68.0 Å². The van der Waals surface area contributed by atoms with Gasteiger partial charge in [-0.05, 0) is 45.6 Å². The number of nitrogens with two attached hydrogens (primary N) is 1. The Labute approximate surface area is 154 Å². The molecule has 1 aromatic heterocycles. The number of nitrogens with zero attached hydrogens (tertiary/aromatic N) is 3. The first-order chi connectivity index (χ1) is 11.8. The first kappa shape index (κ1) is 19.0. The fraction of sp³-hybridized carbons (Fsp3) is 0.812. The van der Waals surface area contributed by atoms with Crippen molar-refractivity contribution in [1.29, 1.82) is 0 Å². The highest BCUT2D eigenvalue weighted by Gasteiger charge is 2.25. The van der Waals surface area contributed by atoms with Crippen LogP contribution < -0.4 is 10.0 Å². The third-order valence-electron chi connectivity index (χ3n) is 4.99. The highest BCUT2D eigenvalue weighted by molar-refractivity contribution is 7.91. The zero-order valence-corrected chi connectivity index (χ0v) is 16.6. The minimum absolute atomic E-state index is 0.139. The molecule has 0 spiro atoms. The van der Waals surface area contributed by atoms with Gasteiger partial charge in [-0.2, -0.15) is 0 Å². The molecule has 0 aromatic carbocycles. The van der Waals surface area contributed by atoms with Crippen LogP contribution in [0.2, 0.25) is 0 Å². The normalized spacial score (nSPS) is 26.9. The number of anilines is 1. The van der Waals surface area contributed by atoms with Gasteiger partial charge in [-0.3, -0.25) is 4.90 Å². The first-order valence-electron chi connectivity index (χ1n) is 8.92. The van der Waals surface area contributed by atoms with E-state index in [-0.39, 0.29) is 4.21 Å². The smallest absolute Gasteiger partial charge is 0.249 e. The van der Waals surface area contributed by atoms with E-state index < -0.39 is 10.0 Å². The van der Waals surface area contributed by atoms with Crippen molar-refractivity contribution in [1.82, 2.24) is 9.88 Å². The second-order valence-corrected chi connectivity index (χ2v) is 10.0. The molecule has 7 nitrogen and oxygen atoms in total. The highest BCUT2D eigenvalue weighted by atomic mass is 32.2. The second kappa shape index (κ2) is 7.87. The molecular formula is C16H28N4O3S2. The number of sulfonamides is 1. The molecule has 2 aliphatic heterocycles. The molecular weight excluding hydrogens is 360 g/mol. The van der Waals surface area contributed by atoms with Gasteiger partial charge in [-0.1, -0.05) is 11.3 Å². The van der Waals surface area contributed by atoms with Gasteiger partial charge in [0.05, 0.1) is 18.4 Å². The standard InChI is InChI=1S/C16H28N4O3S2/c1-12-10-19(11-13(2)23-12)6-3-14-4-7-20(8-5-14)16-18-9-15(24-16)25(17,21)22/h9,12-14H,3-8,10-11H2,1-2H3,(H2,17,21,22). The van der Waals surface area contributed by atoms with Gasteiger partial charge in [-0.15, -0.1) is 0 Å². The van der Waals surface area contributed by atoms with E-state index in [1.165, 1.54) is 12.6 Å². The number of piperidine rings is 1. The summed E-state index contributed by atoms with van der Waals surface area (Å²) in [4.78, 5) is 8.92. The van der Waals surface area contributed by atoms with Gasteiger partial charge in [0.1, 0.15) is 0 Å². The van der Waals surface area contributed by atoms with E-state index in [1.54, 1.807) is 0 Å². The van der Waals surface area contributed by atoms with E-state index in [1.807, 2.05) is 0 Å². The van der Waals surface area contributed by atoms with E-state index >= 15 is 0 Å². The van der Waals surface area contributed by atoms with Crippen LogP contribution in [0.15, 0.2) is 10.4 Å². The molecule has 142 valence electrons. The van der Waals surface area contributed by atoms with Crippen molar-refractivity contribution in [2.24, 2.45) is 11.1 Å². The summed E-state index contributed by atoms with van der Waals surface area (Å²) in [5.74, 6) is 0.724. The number of hydrogen-bond acceptors (Lipinski definition) is 7. The molecule has 0 amide bonds. The summed E-state index contributed by atoms with van der Waals surface area (Å²) in [5, 5.41) is 5.92. The summed E-state index contributed by atoms with van der Waals surface area (Å²) in [6, 6.07) is 0. The molecule has 3 rings (SSSR count). The Morgan fingerprint density at radius 1 is 1.28 bits per heavy atom. The van der Waals surface area contributed by atoms with Gasteiger partial charge in [0.25, 0.3) is 0 Å². The molecule has 2 atom stereocenters. The summed E-state index contributed by atoms with van der Waals surface area (Å²) in [7, 11) is -3.65. The summed E-state index contributed by atoms with van der Waals surface area (Å²) < 4.78 is 28.7. The Morgan fingerprint density at radius 2 is 1.92 bits per heavy atom. The Balaban J connectivity index is 1.45. The SMILES string of the molecule is CC1CN(CCC2CCN(c3ncc(S(N)(=O)=O)s3)CC2)CC(C)O1. The molecule has 2 saturated heterocycles. The Bertz CT molecular complexity index is 661. The quantitative estimate of drug-likeness (QED) is 0.822. The number of rotatable bonds is 5. The molecule has 2 N–H and O–H groups in total. The summed E-state index contributed by atoms with van der Waals surface area (Å²) in [6.07, 6.45) is 5.47. The van der Waals surface area contributed by atoms with Crippen LogP contribution >= 0.6 is 11.3 Å². The summed E-state index contributed by atoms with van der Waals surface area (Å²) >= 11 is 1.16. The molecule has 3 heterocycles. The predicted octanol–water partition coefficient (Wildman–Crippen LogP) is 1.51. The lowest BCUT2D eigenvalue weighted by molar-refractivity contribution is -0.0690. The zero-order chi connectivity index (χ0) is 18.0. The van der Waals surface area contributed by atoms with Crippen molar-refractivity contribution in [3.63, 3.8) is 0 Å². The molecule has 25 heavy (non-hydrogen) atoms. The van der Waals surface area contributed by atoms with Crippen molar-refractivity contribution >= 4 is 26.5 Å². The van der Waals surface area contributed by atoms with Crippen LogP contribution in [0.4, 0.5) is 5.13 Å². The van der Waals surface area contributed by atoms with Crippen molar-refractivity contribution in [3.05, 3.63) is 6.20 Å². The van der Waals surface area contributed by atoms with Crippen molar-refractivity contribution in [2.75, 3.05) is 37.6 Å². The van der Waals surface area contributed by atoms with Crippen LogP contribution in [0.5, 0.6) is 0 Å². The molecule has 0 saturated carbocycles. The molecule has 2 unspecified atom stereocenters. The van der Waals surface area contributed by atoms with Crippen LogP contribution in [-0.2, 0) is 14.8 Å². The van der Waals surface area contributed by atoms with Gasteiger partial charge >= 0.3 is 0 Å². The molecule has 9 heteroatoms. The maximum Gasteiger partial charge on any atom is 0.249 e. The van der Waals surface area contributed by atoms with Crippen LogP contribution in [0.3, 0.4) is 0 Å². The van der Waals surface area contributed by atoms with Crippen molar-refractivity contribution in [3.8, 4) is 0 Å². The van der Waals surface area contributed by atoms with Gasteiger partial charge in [0.15, 0.2) is 9.34 Å². The Hall–Kier alpha value is -0.740. The number of aromatic nitrogens is 1. The van der Waals surface area contributed by atoms with Crippen LogP contribution in [0.1, 0.15) is 33.1 Å². The predicted molar refractivity (Wildman–Crippen MR) is 99.5 cm³/mol. The fourth-order valence-corrected chi connectivity index (χ4v) is 5.36. The average molecular weight is 389 g/mol. The van der Waals surface area contributed by atoms with E-state index in [9.17, 15) is 8.42 Å².